The van der Waals surface area contributed by atoms with Gasteiger partial charge in [0.15, 0.2) is 0 Å². The fourth-order valence-electron chi connectivity index (χ4n) is 2.46. The number of rotatable bonds is 1. The van der Waals surface area contributed by atoms with Crippen LogP contribution in [0.15, 0.2) is 18.2 Å². The Morgan fingerprint density at radius 2 is 2.00 bits per heavy atom. The molecule has 1 nitrogen and oxygen atoms in total. The maximum absolute atomic E-state index is 10.8. The van der Waals surface area contributed by atoms with Crippen LogP contribution in [0.25, 0.3) is 0 Å². The first-order valence-electron chi connectivity index (χ1n) is 5.89. The molecule has 1 fully saturated rings. The van der Waals surface area contributed by atoms with E-state index in [9.17, 15) is 5.11 Å². The lowest BCUT2D eigenvalue weighted by atomic mass is 9.78. The van der Waals surface area contributed by atoms with Crippen molar-refractivity contribution in [2.75, 3.05) is 11.5 Å². The molecule has 1 saturated heterocycles. The Bertz CT molecular complexity index is 430. The SMILES string of the molecule is Cc1ccc(C2(O)CSCC(C)(C)C2)cc1Cl. The highest BCUT2D eigenvalue weighted by molar-refractivity contribution is 7.99. The molecule has 0 aliphatic carbocycles. The number of thioether (sulfide) groups is 1. The van der Waals surface area contributed by atoms with Crippen LogP contribution in [0.2, 0.25) is 5.02 Å². The van der Waals surface area contributed by atoms with E-state index in [2.05, 4.69) is 13.8 Å². The lowest BCUT2D eigenvalue weighted by Gasteiger charge is -2.41. The van der Waals surface area contributed by atoms with Crippen LogP contribution in [-0.4, -0.2) is 16.6 Å². The van der Waals surface area contributed by atoms with Gasteiger partial charge in [0, 0.05) is 10.8 Å². The van der Waals surface area contributed by atoms with E-state index in [4.69, 9.17) is 11.6 Å². The molecule has 17 heavy (non-hydrogen) atoms. The van der Waals surface area contributed by atoms with E-state index in [1.807, 2.05) is 36.9 Å². The van der Waals surface area contributed by atoms with Gasteiger partial charge in [-0.1, -0.05) is 37.6 Å². The number of benzene rings is 1. The molecule has 1 aromatic carbocycles. The lowest BCUT2D eigenvalue weighted by molar-refractivity contribution is 0.0156. The third-order valence-electron chi connectivity index (χ3n) is 3.31. The molecule has 0 saturated carbocycles. The number of aryl methyl sites for hydroxylation is 1. The Kier molecular flexibility index (Phi) is 3.50. The van der Waals surface area contributed by atoms with E-state index in [0.29, 0.717) is 0 Å². The smallest absolute Gasteiger partial charge is 0.0992 e. The Labute approximate surface area is 113 Å². The van der Waals surface area contributed by atoms with Crippen LogP contribution in [-0.2, 0) is 5.60 Å². The second kappa shape index (κ2) is 4.49. The van der Waals surface area contributed by atoms with Gasteiger partial charge in [0.05, 0.1) is 5.60 Å². The van der Waals surface area contributed by atoms with Gasteiger partial charge < -0.3 is 5.11 Å². The predicted octanol–water partition coefficient (Wildman–Crippen LogP) is 4.00. The van der Waals surface area contributed by atoms with Crippen molar-refractivity contribution in [1.82, 2.24) is 0 Å². The zero-order valence-corrected chi connectivity index (χ0v) is 12.2. The summed E-state index contributed by atoms with van der Waals surface area (Å²) < 4.78 is 0. The highest BCUT2D eigenvalue weighted by Gasteiger charge is 2.40. The molecule has 0 aromatic heterocycles. The first kappa shape index (κ1) is 13.3. The maximum atomic E-state index is 10.8. The van der Waals surface area contributed by atoms with Gasteiger partial charge in [-0.05, 0) is 41.7 Å². The molecule has 0 bridgehead atoms. The largest absolute Gasteiger partial charge is 0.384 e. The molecule has 3 heteroatoms. The predicted molar refractivity (Wildman–Crippen MR) is 75.8 cm³/mol. The van der Waals surface area contributed by atoms with Crippen molar-refractivity contribution in [3.63, 3.8) is 0 Å². The van der Waals surface area contributed by atoms with Gasteiger partial charge in [0.2, 0.25) is 0 Å². The van der Waals surface area contributed by atoms with Gasteiger partial charge >= 0.3 is 0 Å². The van der Waals surface area contributed by atoms with Crippen molar-refractivity contribution in [3.8, 4) is 0 Å². The summed E-state index contributed by atoms with van der Waals surface area (Å²) >= 11 is 7.97. The highest BCUT2D eigenvalue weighted by Crippen LogP contribution is 2.44. The Morgan fingerprint density at radius 3 is 2.59 bits per heavy atom. The van der Waals surface area contributed by atoms with Gasteiger partial charge in [-0.2, -0.15) is 11.8 Å². The van der Waals surface area contributed by atoms with Gasteiger partial charge in [-0.15, -0.1) is 0 Å². The van der Waals surface area contributed by atoms with E-state index < -0.39 is 5.60 Å². The van der Waals surface area contributed by atoms with E-state index in [1.54, 1.807) is 0 Å². The number of hydrogen-bond acceptors (Lipinski definition) is 2. The van der Waals surface area contributed by atoms with Crippen molar-refractivity contribution < 1.29 is 5.11 Å². The number of aliphatic hydroxyl groups is 1. The molecule has 1 aromatic rings. The Hall–Kier alpha value is -0.180. The zero-order chi connectivity index (χ0) is 12.7. The van der Waals surface area contributed by atoms with Crippen LogP contribution in [0.3, 0.4) is 0 Å². The van der Waals surface area contributed by atoms with Gasteiger partial charge in [-0.3, -0.25) is 0 Å². The summed E-state index contributed by atoms with van der Waals surface area (Å²) in [7, 11) is 0. The fraction of sp³-hybridized carbons (Fsp3) is 0.571. The molecule has 0 spiro atoms. The summed E-state index contributed by atoms with van der Waals surface area (Å²) in [6, 6.07) is 5.91. The quantitative estimate of drug-likeness (QED) is 0.832. The average Bonchev–Trinajstić information content (AvgIpc) is 2.20. The molecular formula is C14H19ClOS. The number of hydrogen-bond donors (Lipinski definition) is 1. The van der Waals surface area contributed by atoms with Gasteiger partial charge in [-0.25, -0.2) is 0 Å². The van der Waals surface area contributed by atoms with Crippen molar-refractivity contribution in [3.05, 3.63) is 34.3 Å². The van der Waals surface area contributed by atoms with E-state index in [1.165, 1.54) is 0 Å². The molecule has 2 rings (SSSR count). The van der Waals surface area contributed by atoms with Crippen LogP contribution >= 0.6 is 23.4 Å². The lowest BCUT2D eigenvalue weighted by Crippen LogP contribution is -2.40. The molecule has 1 aliphatic heterocycles. The minimum absolute atomic E-state index is 0.176. The minimum atomic E-state index is -0.732. The first-order valence-corrected chi connectivity index (χ1v) is 7.42. The molecule has 0 radical (unpaired) electrons. The molecule has 0 amide bonds. The average molecular weight is 271 g/mol. The van der Waals surface area contributed by atoms with Crippen molar-refractivity contribution in [2.45, 2.75) is 32.8 Å². The van der Waals surface area contributed by atoms with Gasteiger partial charge in [0.1, 0.15) is 0 Å². The molecule has 1 N–H and O–H groups in total. The molecule has 1 heterocycles. The second-order valence-electron chi connectivity index (χ2n) is 5.83. The molecular weight excluding hydrogens is 252 g/mol. The van der Waals surface area contributed by atoms with Crippen LogP contribution < -0.4 is 0 Å². The van der Waals surface area contributed by atoms with E-state index in [0.717, 1.165) is 34.1 Å². The molecule has 1 atom stereocenters. The van der Waals surface area contributed by atoms with Crippen LogP contribution in [0, 0.1) is 12.3 Å². The van der Waals surface area contributed by atoms with Crippen LogP contribution in [0.1, 0.15) is 31.4 Å². The third-order valence-corrected chi connectivity index (χ3v) is 5.39. The topological polar surface area (TPSA) is 20.2 Å². The summed E-state index contributed by atoms with van der Waals surface area (Å²) in [5.74, 6) is 1.87. The second-order valence-corrected chi connectivity index (χ2v) is 7.22. The number of halogens is 1. The van der Waals surface area contributed by atoms with Crippen LogP contribution in [0.5, 0.6) is 0 Å². The van der Waals surface area contributed by atoms with Crippen molar-refractivity contribution in [1.29, 1.82) is 0 Å². The normalized spacial score (nSPS) is 28.1. The summed E-state index contributed by atoms with van der Waals surface area (Å²) in [5, 5.41) is 11.6. The molecule has 94 valence electrons. The van der Waals surface area contributed by atoms with Crippen molar-refractivity contribution >= 4 is 23.4 Å². The standard InChI is InChI=1S/C14H19ClOS/c1-10-4-5-11(6-12(10)15)14(16)7-13(2,3)8-17-9-14/h4-6,16H,7-9H2,1-3H3. The summed E-state index contributed by atoms with van der Waals surface area (Å²) in [6.07, 6.45) is 0.798. The third kappa shape index (κ3) is 2.81. The first-order chi connectivity index (χ1) is 7.82. The monoisotopic (exact) mass is 270 g/mol. The van der Waals surface area contributed by atoms with Crippen molar-refractivity contribution in [2.24, 2.45) is 5.41 Å². The maximum Gasteiger partial charge on any atom is 0.0992 e. The Balaban J connectivity index is 2.34. The summed E-state index contributed by atoms with van der Waals surface area (Å²) in [6.45, 7) is 6.40. The molecule has 1 unspecified atom stereocenters. The highest BCUT2D eigenvalue weighted by atomic mass is 35.5. The van der Waals surface area contributed by atoms with E-state index >= 15 is 0 Å². The zero-order valence-electron chi connectivity index (χ0n) is 10.6. The summed E-state index contributed by atoms with van der Waals surface area (Å²) in [5.41, 5.74) is 1.45. The van der Waals surface area contributed by atoms with Gasteiger partial charge in [0.25, 0.3) is 0 Å². The summed E-state index contributed by atoms with van der Waals surface area (Å²) in [4.78, 5) is 0. The minimum Gasteiger partial charge on any atom is -0.384 e. The van der Waals surface area contributed by atoms with E-state index in [-0.39, 0.29) is 5.41 Å². The Morgan fingerprint density at radius 1 is 1.29 bits per heavy atom. The van der Waals surface area contributed by atoms with Crippen LogP contribution in [0.4, 0.5) is 0 Å². The fourth-order valence-corrected chi connectivity index (χ4v) is 4.00. The molecule has 1 aliphatic rings.